The molecule has 0 spiro atoms. The third-order valence-electron chi connectivity index (χ3n) is 5.21. The maximum atomic E-state index is 4.81. The lowest BCUT2D eigenvalue weighted by molar-refractivity contribution is 0.176. The first kappa shape index (κ1) is 24.6. The topological polar surface area (TPSA) is 52.6 Å². The molecular weight excluding hydrogens is 513 g/mol. The van der Waals surface area contributed by atoms with Crippen molar-refractivity contribution >= 4 is 52.6 Å². The van der Waals surface area contributed by atoms with Gasteiger partial charge in [0.15, 0.2) is 5.96 Å². The highest BCUT2D eigenvalue weighted by atomic mass is 127. The summed E-state index contributed by atoms with van der Waals surface area (Å²) in [6.45, 7) is 12.5. The molecule has 1 aliphatic rings. The zero-order valence-electron chi connectivity index (χ0n) is 17.7. The number of nitrogens with zero attached hydrogens (tertiary/aromatic N) is 3. The van der Waals surface area contributed by atoms with Crippen LogP contribution in [0.5, 0.6) is 0 Å². The number of thiazole rings is 1. The molecule has 0 amide bonds. The maximum Gasteiger partial charge on any atom is 0.191 e. The zero-order valence-corrected chi connectivity index (χ0v) is 21.7. The van der Waals surface area contributed by atoms with E-state index in [2.05, 4.69) is 64.2 Å². The summed E-state index contributed by atoms with van der Waals surface area (Å²) in [7, 11) is 0. The molecule has 0 radical (unpaired) electrons. The largest absolute Gasteiger partial charge is 0.357 e. The average molecular weight is 548 g/mol. The number of thiophene rings is 1. The van der Waals surface area contributed by atoms with Crippen molar-refractivity contribution in [3.05, 3.63) is 38.5 Å². The van der Waals surface area contributed by atoms with E-state index >= 15 is 0 Å². The van der Waals surface area contributed by atoms with Gasteiger partial charge >= 0.3 is 0 Å². The van der Waals surface area contributed by atoms with Gasteiger partial charge < -0.3 is 10.6 Å². The monoisotopic (exact) mass is 547 g/mol. The molecule has 0 aliphatic carbocycles. The Morgan fingerprint density at radius 2 is 2.10 bits per heavy atom. The maximum absolute atomic E-state index is 4.81. The third kappa shape index (κ3) is 8.15. The van der Waals surface area contributed by atoms with Gasteiger partial charge in [-0.05, 0) is 57.1 Å². The number of likely N-dealkylation sites (tertiary alicyclic amines) is 1. The molecule has 0 saturated carbocycles. The molecular formula is C21H34IN5S2. The fourth-order valence-electron chi connectivity index (χ4n) is 3.53. The van der Waals surface area contributed by atoms with Gasteiger partial charge in [0.2, 0.25) is 0 Å². The van der Waals surface area contributed by atoms with Gasteiger partial charge in [-0.25, -0.2) is 4.98 Å². The Hall–Kier alpha value is -0.710. The van der Waals surface area contributed by atoms with Crippen molar-refractivity contribution in [2.45, 2.75) is 46.1 Å². The predicted octanol–water partition coefficient (Wildman–Crippen LogP) is 4.70. The van der Waals surface area contributed by atoms with Crippen LogP contribution in [-0.2, 0) is 6.54 Å². The number of hydrogen-bond donors (Lipinski definition) is 2. The number of aryl methyl sites for hydroxylation is 1. The van der Waals surface area contributed by atoms with Crippen molar-refractivity contribution in [2.24, 2.45) is 10.9 Å². The summed E-state index contributed by atoms with van der Waals surface area (Å²) >= 11 is 3.56. The first-order valence-corrected chi connectivity index (χ1v) is 12.1. The second-order valence-corrected chi connectivity index (χ2v) is 9.64. The summed E-state index contributed by atoms with van der Waals surface area (Å²) in [6, 6.07) is 4.32. The molecule has 0 aromatic carbocycles. The number of aliphatic imine (C=N–C) groups is 1. The summed E-state index contributed by atoms with van der Waals surface area (Å²) in [5.74, 6) is 2.13. The predicted molar refractivity (Wildman–Crippen MR) is 137 cm³/mol. The van der Waals surface area contributed by atoms with Crippen molar-refractivity contribution in [1.82, 2.24) is 20.5 Å². The molecule has 1 aliphatic heterocycles. The number of aromatic nitrogens is 1. The van der Waals surface area contributed by atoms with E-state index in [0.717, 1.165) is 50.2 Å². The van der Waals surface area contributed by atoms with Gasteiger partial charge in [-0.2, -0.15) is 0 Å². The van der Waals surface area contributed by atoms with Crippen LogP contribution in [0.15, 0.2) is 27.9 Å². The van der Waals surface area contributed by atoms with Crippen LogP contribution >= 0.6 is 46.7 Å². The normalized spacial score (nSPS) is 17.0. The van der Waals surface area contributed by atoms with Gasteiger partial charge in [-0.15, -0.1) is 46.7 Å². The number of hydrogen-bond acceptors (Lipinski definition) is 5. The first-order chi connectivity index (χ1) is 13.6. The molecule has 3 rings (SSSR count). The first-order valence-electron chi connectivity index (χ1n) is 10.3. The number of halogens is 1. The highest BCUT2D eigenvalue weighted by Gasteiger charge is 2.20. The molecule has 1 unspecified atom stereocenters. The second kappa shape index (κ2) is 12.9. The molecule has 1 atom stereocenters. The van der Waals surface area contributed by atoms with Crippen LogP contribution in [0.4, 0.5) is 0 Å². The van der Waals surface area contributed by atoms with E-state index in [4.69, 9.17) is 4.99 Å². The van der Waals surface area contributed by atoms with Gasteiger partial charge in [-0.3, -0.25) is 9.89 Å². The van der Waals surface area contributed by atoms with E-state index < -0.39 is 0 Å². The zero-order chi connectivity index (χ0) is 19.8. The highest BCUT2D eigenvalue weighted by molar-refractivity contribution is 14.0. The Bertz CT molecular complexity index is 723. The molecule has 29 heavy (non-hydrogen) atoms. The summed E-state index contributed by atoms with van der Waals surface area (Å²) in [5, 5.41) is 12.5. The van der Waals surface area contributed by atoms with E-state index in [1.807, 2.05) is 11.3 Å². The van der Waals surface area contributed by atoms with E-state index in [-0.39, 0.29) is 24.0 Å². The summed E-state index contributed by atoms with van der Waals surface area (Å²) < 4.78 is 0. The highest BCUT2D eigenvalue weighted by Crippen LogP contribution is 2.21. The van der Waals surface area contributed by atoms with E-state index in [0.29, 0.717) is 11.8 Å². The second-order valence-electron chi connectivity index (χ2n) is 7.59. The molecule has 2 aromatic rings. The van der Waals surface area contributed by atoms with Gasteiger partial charge in [0.25, 0.3) is 0 Å². The van der Waals surface area contributed by atoms with Crippen LogP contribution in [-0.4, -0.2) is 48.6 Å². The molecule has 5 nitrogen and oxygen atoms in total. The van der Waals surface area contributed by atoms with Crippen LogP contribution in [0.3, 0.4) is 0 Å². The molecule has 1 fully saturated rings. The Kier molecular flexibility index (Phi) is 10.9. The van der Waals surface area contributed by atoms with Crippen molar-refractivity contribution in [1.29, 1.82) is 0 Å². The van der Waals surface area contributed by atoms with Crippen LogP contribution < -0.4 is 10.6 Å². The van der Waals surface area contributed by atoms with E-state index in [1.165, 1.54) is 23.4 Å². The van der Waals surface area contributed by atoms with Crippen molar-refractivity contribution in [2.75, 3.05) is 32.7 Å². The Balaban J connectivity index is 0.00000300. The lowest BCUT2D eigenvalue weighted by atomic mass is 9.97. The van der Waals surface area contributed by atoms with Gasteiger partial charge in [0.1, 0.15) is 0 Å². The minimum atomic E-state index is 0. The van der Waals surface area contributed by atoms with Crippen molar-refractivity contribution < 1.29 is 0 Å². The quantitative estimate of drug-likeness (QED) is 0.286. The Morgan fingerprint density at radius 1 is 1.31 bits per heavy atom. The van der Waals surface area contributed by atoms with Crippen LogP contribution in [0, 0.1) is 12.8 Å². The number of guanidine groups is 1. The lowest BCUT2D eigenvalue weighted by Crippen LogP contribution is -2.43. The van der Waals surface area contributed by atoms with Gasteiger partial charge in [-0.1, -0.05) is 13.0 Å². The van der Waals surface area contributed by atoms with E-state index in [1.54, 1.807) is 11.3 Å². The molecule has 2 aromatic heterocycles. The Labute approximate surface area is 200 Å². The number of nitrogens with one attached hydrogen (secondary N) is 2. The molecule has 0 bridgehead atoms. The minimum Gasteiger partial charge on any atom is -0.357 e. The van der Waals surface area contributed by atoms with Gasteiger partial charge in [0, 0.05) is 35.8 Å². The lowest BCUT2D eigenvalue weighted by Gasteiger charge is -2.31. The minimum absolute atomic E-state index is 0. The third-order valence-corrected chi connectivity index (χ3v) is 7.14. The van der Waals surface area contributed by atoms with Crippen LogP contribution in [0.25, 0.3) is 0 Å². The van der Waals surface area contributed by atoms with Crippen LogP contribution in [0.1, 0.15) is 48.2 Å². The van der Waals surface area contributed by atoms with Crippen molar-refractivity contribution in [3.63, 3.8) is 0 Å². The fourth-order valence-corrected chi connectivity index (χ4v) is 4.91. The van der Waals surface area contributed by atoms with E-state index in [9.17, 15) is 0 Å². The molecule has 3 heterocycles. The molecule has 162 valence electrons. The van der Waals surface area contributed by atoms with Gasteiger partial charge in [0.05, 0.1) is 17.2 Å². The molecule has 2 N–H and O–H groups in total. The standard InChI is InChI=1S/C21H33N5S2.HI/c1-4-22-21(23-12-16(2)20-6-5-11-27-20)24-13-18-7-9-26(10-8-18)14-19-15-28-17(3)25-19;/h5-6,11,15-16,18H,4,7-10,12-14H2,1-3H3,(H2,22,23,24);1H. The molecule has 1 saturated heterocycles. The Morgan fingerprint density at radius 3 is 2.72 bits per heavy atom. The summed E-state index contributed by atoms with van der Waals surface area (Å²) in [6.07, 6.45) is 2.47. The summed E-state index contributed by atoms with van der Waals surface area (Å²) in [4.78, 5) is 13.3. The van der Waals surface area contributed by atoms with Crippen molar-refractivity contribution in [3.8, 4) is 0 Å². The van der Waals surface area contributed by atoms with Crippen LogP contribution in [0.2, 0.25) is 0 Å². The average Bonchev–Trinajstić information content (AvgIpc) is 3.37. The number of piperidine rings is 1. The number of rotatable bonds is 8. The summed E-state index contributed by atoms with van der Waals surface area (Å²) in [5.41, 5.74) is 1.22. The molecule has 8 heteroatoms. The SMILES string of the molecule is CCNC(=NCC(C)c1cccs1)NCC1CCN(Cc2csc(C)n2)CC1.I. The smallest absolute Gasteiger partial charge is 0.191 e. The fraction of sp³-hybridized carbons (Fsp3) is 0.619.